The molecule has 0 aliphatic heterocycles. The van der Waals surface area contributed by atoms with E-state index >= 15 is 0 Å². The molecule has 4 heterocycles. The minimum absolute atomic E-state index is 0. The fourth-order valence-corrected chi connectivity index (χ4v) is 7.17. The molecular formula is C30H43Cl2N5OS2. The molecule has 0 atom stereocenters. The van der Waals surface area contributed by atoms with Crippen molar-refractivity contribution in [1.82, 2.24) is 20.4 Å². The van der Waals surface area contributed by atoms with Crippen molar-refractivity contribution in [2.75, 3.05) is 12.8 Å². The van der Waals surface area contributed by atoms with Crippen molar-refractivity contribution in [3.8, 4) is 5.06 Å². The highest BCUT2D eigenvalue weighted by Crippen LogP contribution is 2.33. The van der Waals surface area contributed by atoms with E-state index in [1.807, 2.05) is 24.3 Å². The lowest BCUT2D eigenvalue weighted by molar-refractivity contribution is 0.427. The molecular weight excluding hydrogens is 581 g/mol. The molecule has 220 valence electrons. The summed E-state index contributed by atoms with van der Waals surface area (Å²) in [6.07, 6.45) is 15.5. The van der Waals surface area contributed by atoms with Gasteiger partial charge in [0.15, 0.2) is 5.06 Å². The van der Waals surface area contributed by atoms with Crippen LogP contribution in [-0.2, 0) is 12.8 Å². The predicted octanol–water partition coefficient (Wildman–Crippen LogP) is 10.0. The largest absolute Gasteiger partial charge is 0.487 e. The summed E-state index contributed by atoms with van der Waals surface area (Å²) in [7, 11) is 1.63. The molecule has 0 aromatic carbocycles. The Morgan fingerprint density at radius 2 is 1.48 bits per heavy atom. The summed E-state index contributed by atoms with van der Waals surface area (Å²) in [5.74, 6) is 1.99. The molecule has 0 saturated heterocycles. The van der Waals surface area contributed by atoms with Gasteiger partial charge in [-0.05, 0) is 68.9 Å². The number of H-pyrrole nitrogens is 2. The summed E-state index contributed by atoms with van der Waals surface area (Å²) in [5.41, 5.74) is 9.30. The lowest BCUT2D eigenvalue weighted by Gasteiger charge is -2.19. The number of nitrogens with zero attached hydrogens (tertiary/aromatic N) is 2. The van der Waals surface area contributed by atoms with Crippen molar-refractivity contribution in [2.45, 2.75) is 96.3 Å². The number of nitrogens with two attached hydrogens (primary N) is 1. The number of methoxy groups -OCH3 is 1. The minimum atomic E-state index is 0. The molecule has 2 fully saturated rings. The average molecular weight is 625 g/mol. The van der Waals surface area contributed by atoms with Gasteiger partial charge in [0.2, 0.25) is 0 Å². The second kappa shape index (κ2) is 17.1. The fraction of sp³-hybridized carbons (Fsp3) is 0.533. The third kappa shape index (κ3) is 10.4. The highest BCUT2D eigenvalue weighted by Gasteiger charge is 2.18. The van der Waals surface area contributed by atoms with Crippen molar-refractivity contribution in [3.63, 3.8) is 0 Å². The van der Waals surface area contributed by atoms with Crippen LogP contribution in [0.25, 0.3) is 0 Å². The Bertz CT molecular complexity index is 1240. The molecule has 4 aromatic heterocycles. The second-order valence-corrected chi connectivity index (χ2v) is 13.7. The van der Waals surface area contributed by atoms with E-state index in [4.69, 9.17) is 33.7 Å². The molecule has 4 aromatic rings. The Hall–Kier alpha value is -2.00. The van der Waals surface area contributed by atoms with E-state index in [1.54, 1.807) is 18.4 Å². The summed E-state index contributed by atoms with van der Waals surface area (Å²) < 4.78 is 6.51. The molecule has 0 radical (unpaired) electrons. The van der Waals surface area contributed by atoms with Gasteiger partial charge in [-0.1, -0.05) is 80.5 Å². The molecule has 0 bridgehead atoms. The van der Waals surface area contributed by atoms with Gasteiger partial charge >= 0.3 is 0 Å². The lowest BCUT2D eigenvalue weighted by Crippen LogP contribution is -2.04. The van der Waals surface area contributed by atoms with E-state index in [2.05, 4.69) is 32.5 Å². The normalized spacial score (nSPS) is 15.8. The van der Waals surface area contributed by atoms with Gasteiger partial charge in [0.05, 0.1) is 21.5 Å². The first-order valence-corrected chi connectivity index (χ1v) is 16.3. The number of halogens is 2. The molecule has 2 aliphatic rings. The number of anilines is 1. The Morgan fingerprint density at radius 3 is 2.00 bits per heavy atom. The van der Waals surface area contributed by atoms with Crippen LogP contribution in [0.15, 0.2) is 36.4 Å². The molecule has 10 heteroatoms. The molecule has 0 unspecified atom stereocenters. The summed E-state index contributed by atoms with van der Waals surface area (Å²) in [5, 5.41) is 15.5. The van der Waals surface area contributed by atoms with Crippen LogP contribution in [0, 0.1) is 0 Å². The molecule has 2 aliphatic carbocycles. The first-order chi connectivity index (χ1) is 19.0. The number of nitrogen functional groups attached to an aromatic ring is 1. The van der Waals surface area contributed by atoms with Gasteiger partial charge in [-0.3, -0.25) is 10.2 Å². The van der Waals surface area contributed by atoms with Gasteiger partial charge in [-0.15, -0.1) is 11.3 Å². The topological polar surface area (TPSA) is 92.6 Å². The number of nitrogens with one attached hydrogen (secondary N) is 2. The number of aromatic amines is 2. The maximum absolute atomic E-state index is 5.95. The maximum Gasteiger partial charge on any atom is 0.174 e. The minimum Gasteiger partial charge on any atom is -0.487 e. The lowest BCUT2D eigenvalue weighted by atomic mass is 9.87. The maximum atomic E-state index is 5.95. The summed E-state index contributed by atoms with van der Waals surface area (Å²) >= 11 is 14.6. The third-order valence-corrected chi connectivity index (χ3v) is 9.84. The van der Waals surface area contributed by atoms with Crippen LogP contribution >= 0.6 is 45.9 Å². The molecule has 0 spiro atoms. The Kier molecular flexibility index (Phi) is 13.9. The predicted molar refractivity (Wildman–Crippen MR) is 173 cm³/mol. The van der Waals surface area contributed by atoms with Gasteiger partial charge in [0.25, 0.3) is 0 Å². The third-order valence-electron chi connectivity index (χ3n) is 7.36. The van der Waals surface area contributed by atoms with Crippen LogP contribution in [0.3, 0.4) is 0 Å². The second-order valence-electron chi connectivity index (χ2n) is 10.2. The van der Waals surface area contributed by atoms with E-state index in [-0.39, 0.29) is 7.43 Å². The molecule has 40 heavy (non-hydrogen) atoms. The van der Waals surface area contributed by atoms with Crippen molar-refractivity contribution in [2.24, 2.45) is 0 Å². The number of aromatic nitrogens is 4. The quantitative estimate of drug-likeness (QED) is 0.199. The first kappa shape index (κ1) is 32.5. The Balaban J connectivity index is 0.000000180. The molecule has 6 rings (SSSR count). The first-order valence-electron chi connectivity index (χ1n) is 13.9. The van der Waals surface area contributed by atoms with Gasteiger partial charge in [0, 0.05) is 34.2 Å². The highest BCUT2D eigenvalue weighted by molar-refractivity contribution is 7.17. The number of hydrogen-bond donors (Lipinski definition) is 3. The molecule has 2 saturated carbocycles. The zero-order valence-corrected chi connectivity index (χ0v) is 25.7. The average Bonchev–Trinajstić information content (AvgIpc) is 3.78. The Morgan fingerprint density at radius 1 is 0.825 bits per heavy atom. The van der Waals surface area contributed by atoms with E-state index in [0.717, 1.165) is 26.6 Å². The van der Waals surface area contributed by atoms with E-state index in [1.165, 1.54) is 97.5 Å². The van der Waals surface area contributed by atoms with Crippen LogP contribution in [0.1, 0.15) is 105 Å². The zero-order chi connectivity index (χ0) is 27.5. The Labute approximate surface area is 257 Å². The molecule has 4 N–H and O–H groups in total. The van der Waals surface area contributed by atoms with Crippen molar-refractivity contribution in [3.05, 3.63) is 67.0 Å². The number of ether oxygens (including phenoxy) is 1. The van der Waals surface area contributed by atoms with Crippen LogP contribution < -0.4 is 10.5 Å². The SMILES string of the molecule is C.COc1ccc(Cl)s1.Clc1ccc(CCc2cc(C3CCCCC3)n[nH]2)s1.Nc1cc(C2CCCCC2)[nH]n1. The van der Waals surface area contributed by atoms with E-state index in [0.29, 0.717) is 17.7 Å². The monoisotopic (exact) mass is 623 g/mol. The smallest absolute Gasteiger partial charge is 0.174 e. The number of aryl methyl sites for hydroxylation is 2. The van der Waals surface area contributed by atoms with E-state index in [9.17, 15) is 0 Å². The summed E-state index contributed by atoms with van der Waals surface area (Å²) in [4.78, 5) is 1.35. The fourth-order valence-electron chi connectivity index (χ4n) is 5.24. The number of hydrogen-bond acceptors (Lipinski definition) is 6. The standard InChI is InChI=1S/C15H19ClN2S.C9H15N3.C5H5ClOS.CH4/c16-15-9-8-13(19-15)7-6-12-10-14(18-17-12)11-4-2-1-3-5-11;10-9-6-8(11-12-9)7-4-2-1-3-5-7;1-7-5-3-2-4(6)8-5;/h8-11H,1-7H2,(H,17,18);6-7H,1-5H2,(H3,10,11,12);2-3H,1H3;1H4. The summed E-state index contributed by atoms with van der Waals surface area (Å²) in [6, 6.07) is 12.0. The summed E-state index contributed by atoms with van der Waals surface area (Å²) in [6.45, 7) is 0. The van der Waals surface area contributed by atoms with Gasteiger partial charge < -0.3 is 10.5 Å². The van der Waals surface area contributed by atoms with E-state index < -0.39 is 0 Å². The van der Waals surface area contributed by atoms with Crippen LogP contribution in [0.5, 0.6) is 5.06 Å². The van der Waals surface area contributed by atoms with Crippen molar-refractivity contribution >= 4 is 51.7 Å². The van der Waals surface area contributed by atoms with Crippen molar-refractivity contribution < 1.29 is 4.74 Å². The van der Waals surface area contributed by atoms with Gasteiger partial charge in [-0.25, -0.2) is 0 Å². The molecule has 0 amide bonds. The number of rotatable bonds is 6. The van der Waals surface area contributed by atoms with Crippen LogP contribution in [-0.4, -0.2) is 27.5 Å². The number of thiophene rings is 2. The van der Waals surface area contributed by atoms with Crippen LogP contribution in [0.4, 0.5) is 5.82 Å². The zero-order valence-electron chi connectivity index (χ0n) is 22.6. The van der Waals surface area contributed by atoms with Crippen LogP contribution in [0.2, 0.25) is 8.67 Å². The molecule has 6 nitrogen and oxygen atoms in total. The van der Waals surface area contributed by atoms with Gasteiger partial charge in [0.1, 0.15) is 5.82 Å². The highest BCUT2D eigenvalue weighted by atomic mass is 35.5. The van der Waals surface area contributed by atoms with Crippen molar-refractivity contribution in [1.29, 1.82) is 0 Å². The van der Waals surface area contributed by atoms with Gasteiger partial charge in [-0.2, -0.15) is 10.2 Å².